The summed E-state index contributed by atoms with van der Waals surface area (Å²) in [6.07, 6.45) is 4.26. The number of thiazole rings is 1. The second-order valence-electron chi connectivity index (χ2n) is 20.7. The van der Waals surface area contributed by atoms with Crippen molar-refractivity contribution in [1.29, 1.82) is 0 Å². The highest BCUT2D eigenvalue weighted by Crippen LogP contribution is 2.44. The zero-order valence-electron chi connectivity index (χ0n) is 43.9. The molecule has 2 saturated heterocycles. The van der Waals surface area contributed by atoms with Crippen LogP contribution >= 0.6 is 11.3 Å². The number of hydrogen-bond acceptors (Lipinski definition) is 12. The standard InChI is InChI=1S/C57H67F2N9O7S/c1-33(2)46(57(74)68-30-41(70)23-51(68)55(72)63-47(31-69)36-10-12-37(13-11-36)52-35(4)61-32-76-52)28-60-54(71)38-14-19-65(20-15-38)16-8-17-66-29-40(27-62-66)43-22-39-9-7-18-67(48(39)26-44(43)53(58)59)50-25-42(75-6)24-49-45(50)21-34(3)56(73)64(49)5/h10-13,21-22,24-27,29,31-33,38,41,46,51,53,69-70H,7-9,14-20,23,28,30H2,1-6H3,(H,60,71)(H,63,72)/b47-31+/t41-,46+,51+/m1/s1. The molecule has 0 unspecified atom stereocenters. The number of methoxy groups -OCH3 is 1. The maximum atomic E-state index is 15.0. The molecular weight excluding hydrogens is 993 g/mol. The molecular formula is C57H67F2N9O7S. The molecule has 3 aliphatic heterocycles. The number of benzene rings is 3. The van der Waals surface area contributed by atoms with E-state index >= 15 is 8.78 Å². The van der Waals surface area contributed by atoms with E-state index in [9.17, 15) is 29.4 Å². The van der Waals surface area contributed by atoms with Crippen molar-refractivity contribution in [3.05, 3.63) is 117 Å². The summed E-state index contributed by atoms with van der Waals surface area (Å²) in [4.78, 5) is 65.4. The summed E-state index contributed by atoms with van der Waals surface area (Å²) in [5.41, 5.74) is 8.98. The average molecular weight is 1060 g/mol. The summed E-state index contributed by atoms with van der Waals surface area (Å²) in [6.45, 7) is 10.9. The van der Waals surface area contributed by atoms with Gasteiger partial charge in [-0.15, -0.1) is 11.3 Å². The highest BCUT2D eigenvalue weighted by molar-refractivity contribution is 7.13. The van der Waals surface area contributed by atoms with Crippen molar-refractivity contribution in [2.24, 2.45) is 24.8 Å². The van der Waals surface area contributed by atoms with E-state index in [1.165, 1.54) is 16.2 Å². The maximum absolute atomic E-state index is 15.0. The van der Waals surface area contributed by atoms with Crippen molar-refractivity contribution in [2.45, 2.75) is 91.3 Å². The van der Waals surface area contributed by atoms with E-state index in [4.69, 9.17) is 4.74 Å². The van der Waals surface area contributed by atoms with Crippen LogP contribution in [0.4, 0.5) is 20.2 Å². The van der Waals surface area contributed by atoms with Crippen LogP contribution < -0.4 is 25.8 Å². The van der Waals surface area contributed by atoms with Crippen molar-refractivity contribution >= 4 is 57.0 Å². The third kappa shape index (κ3) is 11.3. The zero-order chi connectivity index (χ0) is 53.9. The summed E-state index contributed by atoms with van der Waals surface area (Å²) < 4.78 is 39.1. The fourth-order valence-electron chi connectivity index (χ4n) is 11.1. The molecule has 9 rings (SSSR count). The first-order chi connectivity index (χ1) is 36.5. The number of halogens is 2. The number of rotatable bonds is 17. The molecule has 0 saturated carbocycles. The lowest BCUT2D eigenvalue weighted by Crippen LogP contribution is -2.51. The number of nitrogens with one attached hydrogen (secondary N) is 2. The first-order valence-corrected chi connectivity index (χ1v) is 27.0. The number of likely N-dealkylation sites (tertiary alicyclic amines) is 2. The molecule has 16 nitrogen and oxygen atoms in total. The van der Waals surface area contributed by atoms with Gasteiger partial charge in [0.2, 0.25) is 17.7 Å². The normalized spacial score (nSPS) is 17.9. The quantitative estimate of drug-likeness (QED) is 0.0644. The van der Waals surface area contributed by atoms with E-state index < -0.39 is 30.4 Å². The molecule has 3 aliphatic rings. The van der Waals surface area contributed by atoms with E-state index in [0.717, 1.165) is 64.8 Å². The SMILES string of the molecule is COc1cc(N2CCCc3cc(-c4cnn(CCCN5CCC(C(=O)NC[C@H](C(=O)N6C[C@H](O)C[C@H]6C(=O)N/C(=C/O)c6ccc(-c7scnc7C)cc6)C(C)C)CC5)c4)c(C(F)F)cc32)c2cc(C)c(=O)n(C)c2c1. The molecule has 76 heavy (non-hydrogen) atoms. The number of piperidine rings is 1. The van der Waals surface area contributed by atoms with Gasteiger partial charge >= 0.3 is 0 Å². The van der Waals surface area contributed by atoms with Crippen LogP contribution in [0.25, 0.3) is 38.2 Å². The Morgan fingerprint density at radius 3 is 2.42 bits per heavy atom. The van der Waals surface area contributed by atoms with E-state index in [0.29, 0.717) is 78.2 Å². The molecule has 19 heteroatoms. The Kier molecular flexibility index (Phi) is 16.4. The van der Waals surface area contributed by atoms with E-state index in [2.05, 4.69) is 30.5 Å². The molecule has 0 bridgehead atoms. The lowest BCUT2D eigenvalue weighted by molar-refractivity contribution is -0.142. The number of carbonyl (C=O) groups excluding carboxylic acids is 3. The molecule has 0 radical (unpaired) electrons. The minimum absolute atomic E-state index is 0.0283. The third-order valence-corrected chi connectivity index (χ3v) is 16.4. The summed E-state index contributed by atoms with van der Waals surface area (Å²) in [5, 5.41) is 32.0. The van der Waals surface area contributed by atoms with Crippen LogP contribution in [0, 0.1) is 31.6 Å². The van der Waals surface area contributed by atoms with Crippen LogP contribution in [-0.2, 0) is 34.4 Å². The summed E-state index contributed by atoms with van der Waals surface area (Å²) in [5.74, 6) is -1.47. The second kappa shape index (κ2) is 23.1. The molecule has 6 heterocycles. The molecule has 402 valence electrons. The Bertz CT molecular complexity index is 3200. The van der Waals surface area contributed by atoms with Crippen LogP contribution in [-0.4, -0.2) is 116 Å². The van der Waals surface area contributed by atoms with Gasteiger partial charge in [0.25, 0.3) is 12.0 Å². The number of hydrogen-bond donors (Lipinski definition) is 4. The van der Waals surface area contributed by atoms with Gasteiger partial charge in [-0.25, -0.2) is 13.8 Å². The monoisotopic (exact) mass is 1060 g/mol. The summed E-state index contributed by atoms with van der Waals surface area (Å²) in [7, 11) is 3.29. The third-order valence-electron chi connectivity index (χ3n) is 15.4. The van der Waals surface area contributed by atoms with Crippen LogP contribution in [0.15, 0.2) is 83.6 Å². The number of fused-ring (bicyclic) bond motifs is 2. The van der Waals surface area contributed by atoms with Gasteiger partial charge in [0.15, 0.2) is 0 Å². The Balaban J connectivity index is 0.767. The largest absolute Gasteiger partial charge is 0.513 e. The Morgan fingerprint density at radius 1 is 0.974 bits per heavy atom. The fraction of sp³-hybridized carbons (Fsp3) is 0.439. The van der Waals surface area contributed by atoms with Gasteiger partial charge in [0.1, 0.15) is 18.1 Å². The molecule has 6 aromatic rings. The first-order valence-electron chi connectivity index (χ1n) is 26.1. The fourth-order valence-corrected chi connectivity index (χ4v) is 11.9. The maximum Gasteiger partial charge on any atom is 0.264 e. The minimum Gasteiger partial charge on any atom is -0.513 e. The van der Waals surface area contributed by atoms with Gasteiger partial charge in [0, 0.05) is 97.2 Å². The number of aliphatic hydroxyl groups excluding tert-OH is 2. The van der Waals surface area contributed by atoms with Gasteiger partial charge in [-0.3, -0.25) is 23.9 Å². The number of nitrogens with zero attached hydrogens (tertiary/aromatic N) is 7. The molecule has 4 N–H and O–H groups in total. The van der Waals surface area contributed by atoms with Crippen molar-refractivity contribution < 1.29 is 38.1 Å². The number of aliphatic hydroxyl groups is 2. The van der Waals surface area contributed by atoms with Crippen molar-refractivity contribution in [3.63, 3.8) is 0 Å². The number of amides is 3. The van der Waals surface area contributed by atoms with E-state index in [-0.39, 0.29) is 60.0 Å². The van der Waals surface area contributed by atoms with Crippen LogP contribution in [0.3, 0.4) is 0 Å². The Hall–Kier alpha value is -6.96. The van der Waals surface area contributed by atoms with E-state index in [1.54, 1.807) is 60.2 Å². The smallest absolute Gasteiger partial charge is 0.264 e. The van der Waals surface area contributed by atoms with Crippen molar-refractivity contribution in [2.75, 3.05) is 51.3 Å². The van der Waals surface area contributed by atoms with Crippen LogP contribution in [0.2, 0.25) is 0 Å². The highest BCUT2D eigenvalue weighted by Gasteiger charge is 2.42. The number of carbonyl (C=O) groups is 3. The number of aromatic nitrogens is 4. The topological polar surface area (TPSA) is 187 Å². The lowest BCUT2D eigenvalue weighted by Gasteiger charge is -2.34. The molecule has 3 aromatic carbocycles. The predicted molar refractivity (Wildman–Crippen MR) is 291 cm³/mol. The second-order valence-corrected chi connectivity index (χ2v) is 21.6. The predicted octanol–water partition coefficient (Wildman–Crippen LogP) is 8.30. The van der Waals surface area contributed by atoms with E-state index in [1.807, 2.05) is 63.4 Å². The molecule has 3 amide bonds. The van der Waals surface area contributed by atoms with Gasteiger partial charge in [-0.1, -0.05) is 38.1 Å². The minimum atomic E-state index is -2.74. The number of pyridine rings is 1. The summed E-state index contributed by atoms with van der Waals surface area (Å²) in [6, 6.07) is 15.4. The van der Waals surface area contributed by atoms with Gasteiger partial charge < -0.3 is 44.9 Å². The van der Waals surface area contributed by atoms with Crippen LogP contribution in [0.5, 0.6) is 5.75 Å². The summed E-state index contributed by atoms with van der Waals surface area (Å²) >= 11 is 1.52. The number of alkyl halides is 2. The average Bonchev–Trinajstić information content (AvgIpc) is 4.20. The van der Waals surface area contributed by atoms with Crippen molar-refractivity contribution in [3.8, 4) is 27.3 Å². The molecule has 0 aliphatic carbocycles. The number of ether oxygens (including phenoxy) is 1. The molecule has 3 atom stereocenters. The Labute approximate surface area is 445 Å². The molecule has 2 fully saturated rings. The number of anilines is 2. The molecule has 3 aromatic heterocycles. The first kappa shape index (κ1) is 53.9. The van der Waals surface area contributed by atoms with Gasteiger partial charge in [-0.05, 0) is 106 Å². The zero-order valence-corrected chi connectivity index (χ0v) is 44.7. The molecule has 0 spiro atoms. The lowest BCUT2D eigenvalue weighted by atomic mass is 9.92. The van der Waals surface area contributed by atoms with Gasteiger partial charge in [0.05, 0.1) is 58.3 Å². The van der Waals surface area contributed by atoms with Crippen LogP contribution in [0.1, 0.15) is 80.3 Å². The number of β-amino-alcohol motifs (C(OH)–C–C–N with tert-alkyl or cyclic N) is 1. The van der Waals surface area contributed by atoms with Gasteiger partial charge in [-0.2, -0.15) is 5.10 Å². The highest BCUT2D eigenvalue weighted by atomic mass is 32.1. The Morgan fingerprint density at radius 2 is 1.74 bits per heavy atom. The van der Waals surface area contributed by atoms with Crippen molar-refractivity contribution in [1.82, 2.24) is 39.8 Å². The number of aryl methyl sites for hydroxylation is 5.